The molecule has 0 unspecified atom stereocenters. The summed E-state index contributed by atoms with van der Waals surface area (Å²) in [5.41, 5.74) is 4.39. The zero-order chi connectivity index (χ0) is 31.8. The van der Waals surface area contributed by atoms with Crippen molar-refractivity contribution in [1.82, 2.24) is 24.7 Å². The molecule has 1 saturated carbocycles. The van der Waals surface area contributed by atoms with E-state index in [4.69, 9.17) is 9.72 Å². The number of aromatic nitrogens is 2. The number of likely N-dealkylation sites (tertiary alicyclic amines) is 1. The lowest BCUT2D eigenvalue weighted by molar-refractivity contribution is 0.0518. The van der Waals surface area contributed by atoms with Crippen molar-refractivity contribution in [3.63, 3.8) is 0 Å². The Bertz CT molecular complexity index is 1590. The molecule has 0 atom stereocenters. The quantitative estimate of drug-likeness (QED) is 0.406. The lowest BCUT2D eigenvalue weighted by Crippen LogP contribution is -2.52. The van der Waals surface area contributed by atoms with Crippen molar-refractivity contribution in [1.29, 1.82) is 0 Å². The Labute approximate surface area is 271 Å². The van der Waals surface area contributed by atoms with Gasteiger partial charge in [-0.25, -0.2) is 14.8 Å². The molecule has 11 nitrogen and oxygen atoms in total. The number of likely N-dealkylation sites (N-methyl/N-ethyl adjacent to an activating group) is 1. The molecule has 3 aliphatic heterocycles. The number of rotatable bonds is 6. The number of benzene rings is 2. The monoisotopic (exact) mass is 624 g/mol. The molecule has 4 aliphatic rings. The van der Waals surface area contributed by atoms with Gasteiger partial charge in [-0.3, -0.25) is 19.5 Å². The van der Waals surface area contributed by atoms with Gasteiger partial charge >= 0.3 is 6.03 Å². The molecule has 4 heterocycles. The number of para-hydroxylation sites is 1. The summed E-state index contributed by atoms with van der Waals surface area (Å²) in [6.07, 6.45) is 7.96. The Morgan fingerprint density at radius 2 is 1.63 bits per heavy atom. The van der Waals surface area contributed by atoms with E-state index in [1.54, 1.807) is 31.3 Å². The minimum absolute atomic E-state index is 0.0269. The number of amides is 3. The van der Waals surface area contributed by atoms with Gasteiger partial charge in [0.15, 0.2) is 0 Å². The van der Waals surface area contributed by atoms with E-state index in [0.717, 1.165) is 89.0 Å². The molecule has 3 amide bonds. The fraction of sp³-hybridized carbons (Fsp3) is 0.486. The summed E-state index contributed by atoms with van der Waals surface area (Å²) in [5.74, 6) is 0.947. The molecule has 2 saturated heterocycles. The molecule has 7 rings (SSSR count). The zero-order valence-corrected chi connectivity index (χ0v) is 27.1. The predicted molar refractivity (Wildman–Crippen MR) is 180 cm³/mol. The van der Waals surface area contributed by atoms with Gasteiger partial charge in [-0.1, -0.05) is 31.0 Å². The first-order valence-corrected chi connectivity index (χ1v) is 16.6. The van der Waals surface area contributed by atoms with Crippen LogP contribution in [0.4, 0.5) is 27.8 Å². The normalized spacial score (nSPS) is 20.0. The van der Waals surface area contributed by atoms with E-state index in [9.17, 15) is 9.59 Å². The van der Waals surface area contributed by atoms with Crippen molar-refractivity contribution in [3.05, 3.63) is 54.2 Å². The standard InChI is InChI=1S/C35H44N8O3/c1-39-18-20-41(21-19-39)25-14-16-42(17-15-25)33(44)24-12-13-28(31(22-24)46-3)37-34-36-23-30-32(38-34)27-10-6-7-11-29(27)43(35(45)40(30)2)26-8-4-5-9-26/h6-7,10-13,22-23,25-26H,4-5,8-9,14-21H2,1-3H3,(H,36,37,38). The van der Waals surface area contributed by atoms with E-state index >= 15 is 0 Å². The van der Waals surface area contributed by atoms with Gasteiger partial charge in [-0.15, -0.1) is 0 Å². The lowest BCUT2D eigenvalue weighted by Gasteiger charge is -2.42. The molecule has 0 bridgehead atoms. The molecule has 1 aromatic heterocycles. The van der Waals surface area contributed by atoms with Crippen molar-refractivity contribution in [2.24, 2.45) is 0 Å². The number of hydrogen-bond donors (Lipinski definition) is 1. The average Bonchev–Trinajstić information content (AvgIpc) is 3.60. The highest BCUT2D eigenvalue weighted by atomic mass is 16.5. The topological polar surface area (TPSA) is 97.4 Å². The number of carbonyl (C=O) groups is 2. The van der Waals surface area contributed by atoms with Gasteiger partial charge in [-0.05, 0) is 57.0 Å². The molecular weight excluding hydrogens is 580 g/mol. The lowest BCUT2D eigenvalue weighted by atomic mass is 10.0. The highest BCUT2D eigenvalue weighted by Gasteiger charge is 2.36. The number of methoxy groups -OCH3 is 1. The highest BCUT2D eigenvalue weighted by Crippen LogP contribution is 2.43. The number of fused-ring (bicyclic) bond motifs is 3. The fourth-order valence-electron chi connectivity index (χ4n) is 7.50. The number of nitrogens with zero attached hydrogens (tertiary/aromatic N) is 7. The molecule has 11 heteroatoms. The fourth-order valence-corrected chi connectivity index (χ4v) is 7.50. The number of piperidine rings is 1. The van der Waals surface area contributed by atoms with Crippen LogP contribution in [0.3, 0.4) is 0 Å². The summed E-state index contributed by atoms with van der Waals surface area (Å²) in [6.45, 7) is 5.96. The summed E-state index contributed by atoms with van der Waals surface area (Å²) < 4.78 is 5.73. The Kier molecular flexibility index (Phi) is 8.52. The maximum atomic E-state index is 13.7. The van der Waals surface area contributed by atoms with Crippen LogP contribution in [-0.2, 0) is 0 Å². The summed E-state index contributed by atoms with van der Waals surface area (Å²) in [7, 11) is 5.57. The summed E-state index contributed by atoms with van der Waals surface area (Å²) in [6, 6.07) is 14.1. The zero-order valence-electron chi connectivity index (χ0n) is 27.1. The van der Waals surface area contributed by atoms with Crippen LogP contribution in [0.15, 0.2) is 48.7 Å². The molecule has 0 radical (unpaired) electrons. The van der Waals surface area contributed by atoms with E-state index in [0.29, 0.717) is 40.4 Å². The van der Waals surface area contributed by atoms with Gasteiger partial charge in [0, 0.05) is 69.5 Å². The first-order valence-electron chi connectivity index (χ1n) is 16.6. The Morgan fingerprint density at radius 1 is 0.891 bits per heavy atom. The Hall–Kier alpha value is -4.22. The number of hydrogen-bond acceptors (Lipinski definition) is 8. The van der Waals surface area contributed by atoms with Crippen LogP contribution in [0.5, 0.6) is 5.75 Å². The van der Waals surface area contributed by atoms with E-state index < -0.39 is 0 Å². The highest BCUT2D eigenvalue weighted by molar-refractivity contribution is 6.11. The first-order chi connectivity index (χ1) is 22.4. The average molecular weight is 625 g/mol. The summed E-state index contributed by atoms with van der Waals surface area (Å²) >= 11 is 0. The molecule has 3 aromatic rings. The third-order valence-electron chi connectivity index (χ3n) is 10.2. The molecule has 46 heavy (non-hydrogen) atoms. The van der Waals surface area contributed by atoms with Crippen molar-refractivity contribution in [3.8, 4) is 17.0 Å². The largest absolute Gasteiger partial charge is 0.495 e. The maximum Gasteiger partial charge on any atom is 0.329 e. The SMILES string of the molecule is COc1cc(C(=O)N2CCC(N3CCN(C)CC3)CC2)ccc1Nc1ncc2c(n1)-c1ccccc1N(C1CCCC1)C(=O)N2C. The van der Waals surface area contributed by atoms with Crippen LogP contribution in [-0.4, -0.2) is 109 Å². The van der Waals surface area contributed by atoms with E-state index in [1.165, 1.54) is 0 Å². The number of urea groups is 1. The van der Waals surface area contributed by atoms with E-state index in [2.05, 4.69) is 27.1 Å². The van der Waals surface area contributed by atoms with Crippen LogP contribution in [0.2, 0.25) is 0 Å². The van der Waals surface area contributed by atoms with Crippen LogP contribution in [0, 0.1) is 0 Å². The van der Waals surface area contributed by atoms with Crippen LogP contribution < -0.4 is 19.9 Å². The minimum Gasteiger partial charge on any atom is -0.495 e. The molecule has 3 fully saturated rings. The van der Waals surface area contributed by atoms with E-state index in [-0.39, 0.29) is 18.0 Å². The van der Waals surface area contributed by atoms with Gasteiger partial charge < -0.3 is 19.9 Å². The van der Waals surface area contributed by atoms with Gasteiger partial charge in [0.2, 0.25) is 5.95 Å². The van der Waals surface area contributed by atoms with Crippen molar-refractivity contribution in [2.45, 2.75) is 50.6 Å². The van der Waals surface area contributed by atoms with Gasteiger partial charge in [-0.2, -0.15) is 0 Å². The second-order valence-corrected chi connectivity index (χ2v) is 13.0. The maximum absolute atomic E-state index is 13.7. The van der Waals surface area contributed by atoms with Crippen LogP contribution >= 0.6 is 0 Å². The first kappa shape index (κ1) is 30.4. The third kappa shape index (κ3) is 5.78. The second kappa shape index (κ2) is 12.9. The van der Waals surface area contributed by atoms with Crippen molar-refractivity contribution in [2.75, 3.05) is 75.6 Å². The predicted octanol–water partition coefficient (Wildman–Crippen LogP) is 5.07. The molecule has 242 valence electrons. The minimum atomic E-state index is -0.0621. The number of anilines is 4. The molecule has 2 aromatic carbocycles. The third-order valence-corrected chi connectivity index (χ3v) is 10.2. The Balaban J connectivity index is 1.09. The summed E-state index contributed by atoms with van der Waals surface area (Å²) in [5, 5.41) is 3.31. The molecule has 1 N–H and O–H groups in total. The molecule has 1 aliphatic carbocycles. The number of nitrogens with one attached hydrogen (secondary N) is 1. The number of ether oxygens (including phenoxy) is 1. The van der Waals surface area contributed by atoms with Crippen LogP contribution in [0.25, 0.3) is 11.3 Å². The summed E-state index contributed by atoms with van der Waals surface area (Å²) in [4.78, 5) is 47.3. The second-order valence-electron chi connectivity index (χ2n) is 13.0. The van der Waals surface area contributed by atoms with Gasteiger partial charge in [0.1, 0.15) is 11.4 Å². The molecular formula is C35H44N8O3. The number of piperazine rings is 1. The van der Waals surface area contributed by atoms with E-state index in [1.807, 2.05) is 46.2 Å². The van der Waals surface area contributed by atoms with Gasteiger partial charge in [0.05, 0.1) is 30.4 Å². The van der Waals surface area contributed by atoms with Gasteiger partial charge in [0.25, 0.3) is 5.91 Å². The van der Waals surface area contributed by atoms with Crippen molar-refractivity contribution < 1.29 is 14.3 Å². The van der Waals surface area contributed by atoms with Crippen LogP contribution in [0.1, 0.15) is 48.9 Å². The molecule has 0 spiro atoms. The number of carbonyl (C=O) groups excluding carboxylic acids is 2. The van der Waals surface area contributed by atoms with Crippen molar-refractivity contribution >= 4 is 34.9 Å². The Morgan fingerprint density at radius 3 is 2.37 bits per heavy atom. The smallest absolute Gasteiger partial charge is 0.329 e.